The summed E-state index contributed by atoms with van der Waals surface area (Å²) in [6.07, 6.45) is 0.985. The summed E-state index contributed by atoms with van der Waals surface area (Å²) in [5, 5.41) is 3.22. The van der Waals surface area contributed by atoms with Crippen molar-refractivity contribution in [1.82, 2.24) is 10.2 Å². The molecule has 1 saturated heterocycles. The van der Waals surface area contributed by atoms with E-state index in [-0.39, 0.29) is 17.9 Å². The van der Waals surface area contributed by atoms with Crippen molar-refractivity contribution in [2.75, 3.05) is 14.2 Å². The zero-order chi connectivity index (χ0) is 14.7. The first-order chi connectivity index (χ1) is 9.52. The summed E-state index contributed by atoms with van der Waals surface area (Å²) in [5.41, 5.74) is 2.16. The first kappa shape index (κ1) is 14.5. The average molecular weight is 276 g/mol. The molecule has 1 atom stereocenters. The van der Waals surface area contributed by atoms with Crippen molar-refractivity contribution < 1.29 is 14.3 Å². The van der Waals surface area contributed by atoms with Gasteiger partial charge < -0.3 is 10.1 Å². The van der Waals surface area contributed by atoms with Crippen molar-refractivity contribution in [3.05, 3.63) is 29.3 Å². The van der Waals surface area contributed by atoms with E-state index in [4.69, 9.17) is 4.74 Å². The fourth-order valence-electron chi connectivity index (χ4n) is 2.40. The van der Waals surface area contributed by atoms with Gasteiger partial charge in [-0.25, -0.2) is 0 Å². The van der Waals surface area contributed by atoms with E-state index in [2.05, 4.69) is 5.32 Å². The number of nitrogens with one attached hydrogen (secondary N) is 1. The minimum absolute atomic E-state index is 0.103. The van der Waals surface area contributed by atoms with Gasteiger partial charge in [-0.3, -0.25) is 14.5 Å². The molecule has 0 saturated carbocycles. The summed E-state index contributed by atoms with van der Waals surface area (Å²) in [6, 6.07) is 5.65. The van der Waals surface area contributed by atoms with E-state index in [1.54, 1.807) is 7.11 Å². The molecular formula is C15H20N2O3. The lowest BCUT2D eigenvalue weighted by atomic mass is 10.0. The quantitative estimate of drug-likeness (QED) is 0.841. The number of carbonyl (C=O) groups is 2. The summed E-state index contributed by atoms with van der Waals surface area (Å²) in [7, 11) is 3.18. The number of carbonyl (C=O) groups excluding carboxylic acids is 2. The second kappa shape index (κ2) is 6.05. The van der Waals surface area contributed by atoms with Gasteiger partial charge in [0, 0.05) is 20.0 Å². The highest BCUT2D eigenvalue weighted by molar-refractivity contribution is 6.00. The maximum Gasteiger partial charge on any atom is 0.246 e. The highest BCUT2D eigenvalue weighted by atomic mass is 16.5. The van der Waals surface area contributed by atoms with Crippen LogP contribution in [0.15, 0.2) is 18.2 Å². The predicted octanol–water partition coefficient (Wildman–Crippen LogP) is 1.24. The zero-order valence-corrected chi connectivity index (χ0v) is 12.1. The smallest absolute Gasteiger partial charge is 0.246 e. The number of amides is 2. The molecule has 0 bridgehead atoms. The monoisotopic (exact) mass is 276 g/mol. The van der Waals surface area contributed by atoms with Crippen LogP contribution in [0, 0.1) is 6.92 Å². The van der Waals surface area contributed by atoms with Crippen molar-refractivity contribution in [3.8, 4) is 5.75 Å². The summed E-state index contributed by atoms with van der Waals surface area (Å²) in [4.78, 5) is 24.6. The molecule has 5 heteroatoms. The van der Waals surface area contributed by atoms with Crippen LogP contribution in [0.25, 0.3) is 0 Å². The van der Waals surface area contributed by atoms with E-state index in [0.717, 1.165) is 16.9 Å². The number of ether oxygens (including phenoxy) is 1. The number of likely N-dealkylation sites (tertiary alicyclic amines) is 1. The first-order valence-electron chi connectivity index (χ1n) is 6.70. The van der Waals surface area contributed by atoms with Crippen molar-refractivity contribution in [2.45, 2.75) is 32.4 Å². The van der Waals surface area contributed by atoms with Crippen LogP contribution in [0.5, 0.6) is 5.75 Å². The normalized spacial score (nSPS) is 19.4. The largest absolute Gasteiger partial charge is 0.496 e. The van der Waals surface area contributed by atoms with Crippen molar-refractivity contribution in [2.24, 2.45) is 0 Å². The Hall–Kier alpha value is -1.88. The maximum absolute atomic E-state index is 11.9. The van der Waals surface area contributed by atoms with E-state index in [0.29, 0.717) is 19.4 Å². The van der Waals surface area contributed by atoms with Gasteiger partial charge in [-0.2, -0.15) is 0 Å². The fourth-order valence-corrected chi connectivity index (χ4v) is 2.40. The van der Waals surface area contributed by atoms with Gasteiger partial charge in [0.05, 0.1) is 13.2 Å². The van der Waals surface area contributed by atoms with Crippen LogP contribution in [0.1, 0.15) is 24.0 Å². The molecule has 1 aliphatic rings. The van der Waals surface area contributed by atoms with Gasteiger partial charge in [0.25, 0.3) is 0 Å². The fraction of sp³-hybridized carbons (Fsp3) is 0.467. The number of benzene rings is 1. The van der Waals surface area contributed by atoms with Gasteiger partial charge in [-0.05, 0) is 30.5 Å². The number of nitrogens with zero attached hydrogens (tertiary/aromatic N) is 1. The molecule has 1 aromatic carbocycles. The van der Waals surface area contributed by atoms with Gasteiger partial charge >= 0.3 is 0 Å². The summed E-state index contributed by atoms with van der Waals surface area (Å²) >= 11 is 0. The van der Waals surface area contributed by atoms with E-state index in [9.17, 15) is 9.59 Å². The third-order valence-electron chi connectivity index (χ3n) is 3.66. The highest BCUT2D eigenvalue weighted by Gasteiger charge is 2.31. The van der Waals surface area contributed by atoms with Crippen LogP contribution in [-0.2, 0) is 16.1 Å². The molecule has 1 fully saturated rings. The lowest BCUT2D eigenvalue weighted by Gasteiger charge is -2.28. The molecule has 20 heavy (non-hydrogen) atoms. The molecule has 108 valence electrons. The van der Waals surface area contributed by atoms with Gasteiger partial charge in [0.15, 0.2) is 0 Å². The third-order valence-corrected chi connectivity index (χ3v) is 3.66. The summed E-state index contributed by atoms with van der Waals surface area (Å²) < 4.78 is 5.22. The van der Waals surface area contributed by atoms with Gasteiger partial charge in [0.2, 0.25) is 11.8 Å². The Labute approximate surface area is 118 Å². The summed E-state index contributed by atoms with van der Waals surface area (Å²) in [5.74, 6) is 0.604. The molecule has 2 rings (SSSR count). The first-order valence-corrected chi connectivity index (χ1v) is 6.70. The summed E-state index contributed by atoms with van der Waals surface area (Å²) in [6.45, 7) is 2.59. The number of hydrogen-bond acceptors (Lipinski definition) is 4. The highest BCUT2D eigenvalue weighted by Crippen LogP contribution is 2.19. The Bertz CT molecular complexity index is 528. The van der Waals surface area contributed by atoms with E-state index in [1.165, 1.54) is 11.9 Å². The van der Waals surface area contributed by atoms with Crippen LogP contribution < -0.4 is 10.1 Å². The standard InChI is InChI=1S/C15H20N2O3/c1-10-8-11(4-6-13(10)20-3)9-16-12-5-7-14(18)17(2)15(12)19/h4,6,8,12,16H,5,7,9H2,1-3H3. The molecule has 1 aromatic rings. The van der Waals surface area contributed by atoms with Crippen molar-refractivity contribution in [1.29, 1.82) is 0 Å². The molecule has 1 unspecified atom stereocenters. The van der Waals surface area contributed by atoms with Crippen molar-refractivity contribution in [3.63, 3.8) is 0 Å². The molecule has 1 N–H and O–H groups in total. The number of piperidine rings is 1. The topological polar surface area (TPSA) is 58.6 Å². The van der Waals surface area contributed by atoms with E-state index in [1.807, 2.05) is 25.1 Å². The number of rotatable bonds is 4. The van der Waals surface area contributed by atoms with Crippen molar-refractivity contribution >= 4 is 11.8 Å². The van der Waals surface area contributed by atoms with Gasteiger partial charge in [-0.15, -0.1) is 0 Å². The number of likely N-dealkylation sites (N-methyl/N-ethyl adjacent to an activating group) is 1. The zero-order valence-electron chi connectivity index (χ0n) is 12.1. The van der Waals surface area contributed by atoms with Crippen LogP contribution in [0.2, 0.25) is 0 Å². The number of imide groups is 1. The lowest BCUT2D eigenvalue weighted by Crippen LogP contribution is -2.51. The minimum Gasteiger partial charge on any atom is -0.496 e. The molecule has 1 aliphatic heterocycles. The Morgan fingerprint density at radius 1 is 1.40 bits per heavy atom. The number of hydrogen-bond donors (Lipinski definition) is 1. The molecule has 0 aliphatic carbocycles. The van der Waals surface area contributed by atoms with Gasteiger partial charge in [-0.1, -0.05) is 12.1 Å². The second-order valence-electron chi connectivity index (χ2n) is 5.07. The van der Waals surface area contributed by atoms with Crippen LogP contribution in [0.3, 0.4) is 0 Å². The maximum atomic E-state index is 11.9. The predicted molar refractivity (Wildman–Crippen MR) is 75.4 cm³/mol. The van der Waals surface area contributed by atoms with Crippen LogP contribution >= 0.6 is 0 Å². The molecule has 1 heterocycles. The second-order valence-corrected chi connectivity index (χ2v) is 5.07. The Morgan fingerprint density at radius 3 is 2.80 bits per heavy atom. The SMILES string of the molecule is COc1ccc(CNC2CCC(=O)N(C)C2=O)cc1C. The molecular weight excluding hydrogens is 256 g/mol. The lowest BCUT2D eigenvalue weighted by molar-refractivity contribution is -0.148. The molecule has 0 aromatic heterocycles. The van der Waals surface area contributed by atoms with Crippen LogP contribution in [-0.4, -0.2) is 36.9 Å². The average Bonchev–Trinajstić information content (AvgIpc) is 2.44. The Kier molecular flexibility index (Phi) is 4.39. The van der Waals surface area contributed by atoms with E-state index < -0.39 is 0 Å². The minimum atomic E-state index is -0.278. The molecule has 0 radical (unpaired) electrons. The molecule has 5 nitrogen and oxygen atoms in total. The molecule has 2 amide bonds. The van der Waals surface area contributed by atoms with Gasteiger partial charge in [0.1, 0.15) is 5.75 Å². The van der Waals surface area contributed by atoms with Crippen LogP contribution in [0.4, 0.5) is 0 Å². The molecule has 0 spiro atoms. The Balaban J connectivity index is 1.97. The third kappa shape index (κ3) is 2.99. The Morgan fingerprint density at radius 2 is 2.15 bits per heavy atom. The van der Waals surface area contributed by atoms with E-state index >= 15 is 0 Å². The number of aryl methyl sites for hydroxylation is 1. The number of methoxy groups -OCH3 is 1.